The minimum absolute atomic E-state index is 0.226. The molecule has 0 atom stereocenters. The van der Waals surface area contributed by atoms with Crippen molar-refractivity contribution in [3.63, 3.8) is 0 Å². The molecule has 17 heavy (non-hydrogen) atoms. The monoisotopic (exact) mass is 231 g/mol. The lowest BCUT2D eigenvalue weighted by Crippen LogP contribution is -2.12. The Labute approximate surface area is 97.1 Å². The Kier molecular flexibility index (Phi) is 2.74. The van der Waals surface area contributed by atoms with Gasteiger partial charge in [0.2, 0.25) is 5.91 Å². The number of carbonyl (C=O) groups excluding carboxylic acids is 1. The van der Waals surface area contributed by atoms with Crippen LogP contribution in [0.3, 0.4) is 0 Å². The van der Waals surface area contributed by atoms with E-state index in [9.17, 15) is 9.18 Å². The summed E-state index contributed by atoms with van der Waals surface area (Å²) >= 11 is 0. The van der Waals surface area contributed by atoms with Crippen molar-refractivity contribution in [1.82, 2.24) is 4.98 Å². The first-order valence-electron chi connectivity index (χ1n) is 4.89. The average Bonchev–Trinajstić information content (AvgIpc) is 2.29. The second-order valence-corrected chi connectivity index (χ2v) is 3.53. The topological polar surface area (TPSA) is 82.0 Å². The Morgan fingerprint density at radius 2 is 2.00 bits per heavy atom. The Morgan fingerprint density at radius 3 is 2.59 bits per heavy atom. The number of carbonyl (C=O) groups is 1. The highest BCUT2D eigenvalue weighted by molar-refractivity contribution is 5.99. The van der Waals surface area contributed by atoms with E-state index in [1.807, 2.05) is 0 Å². The van der Waals surface area contributed by atoms with Crippen molar-refractivity contribution >= 4 is 11.6 Å². The molecule has 0 aliphatic carbocycles. The van der Waals surface area contributed by atoms with E-state index >= 15 is 0 Å². The van der Waals surface area contributed by atoms with Gasteiger partial charge in [-0.1, -0.05) is 0 Å². The molecule has 0 bridgehead atoms. The smallest absolute Gasteiger partial charge is 0.249 e. The van der Waals surface area contributed by atoms with E-state index < -0.39 is 11.7 Å². The number of nitrogen functional groups attached to an aromatic ring is 1. The summed E-state index contributed by atoms with van der Waals surface area (Å²) in [7, 11) is 0. The van der Waals surface area contributed by atoms with Crippen molar-refractivity contribution in [3.8, 4) is 11.3 Å². The maximum absolute atomic E-state index is 13.2. The van der Waals surface area contributed by atoms with Crippen LogP contribution in [0.25, 0.3) is 11.3 Å². The SMILES string of the molecule is NC(=O)c1ccc(F)cc1-c1ccc(N)cn1. The molecule has 2 aromatic rings. The van der Waals surface area contributed by atoms with E-state index in [2.05, 4.69) is 4.98 Å². The van der Waals surface area contributed by atoms with Crippen LogP contribution in [0, 0.1) is 5.82 Å². The molecule has 0 radical (unpaired) electrons. The molecule has 0 fully saturated rings. The van der Waals surface area contributed by atoms with Gasteiger partial charge in [0.1, 0.15) is 5.82 Å². The number of nitrogens with zero attached hydrogens (tertiary/aromatic N) is 1. The minimum atomic E-state index is -0.626. The molecule has 0 saturated carbocycles. The highest BCUT2D eigenvalue weighted by Gasteiger charge is 2.11. The number of rotatable bonds is 2. The first-order valence-corrected chi connectivity index (χ1v) is 4.89. The number of hydrogen-bond acceptors (Lipinski definition) is 3. The van der Waals surface area contributed by atoms with Crippen LogP contribution >= 0.6 is 0 Å². The highest BCUT2D eigenvalue weighted by atomic mass is 19.1. The molecule has 0 saturated heterocycles. The van der Waals surface area contributed by atoms with Gasteiger partial charge in [-0.2, -0.15) is 0 Å². The summed E-state index contributed by atoms with van der Waals surface area (Å²) in [4.78, 5) is 15.3. The van der Waals surface area contributed by atoms with Crippen LogP contribution in [-0.2, 0) is 0 Å². The molecule has 1 heterocycles. The zero-order valence-electron chi connectivity index (χ0n) is 8.85. The van der Waals surface area contributed by atoms with Gasteiger partial charge in [-0.3, -0.25) is 9.78 Å². The fraction of sp³-hybridized carbons (Fsp3) is 0. The summed E-state index contributed by atoms with van der Waals surface area (Å²) < 4.78 is 13.2. The molecule has 1 aromatic heterocycles. The van der Waals surface area contributed by atoms with Crippen LogP contribution in [0.5, 0.6) is 0 Å². The van der Waals surface area contributed by atoms with Gasteiger partial charge in [-0.25, -0.2) is 4.39 Å². The van der Waals surface area contributed by atoms with Gasteiger partial charge >= 0.3 is 0 Å². The van der Waals surface area contributed by atoms with Crippen molar-refractivity contribution in [1.29, 1.82) is 0 Å². The minimum Gasteiger partial charge on any atom is -0.397 e. The molecule has 0 aliphatic heterocycles. The summed E-state index contributed by atoms with van der Waals surface area (Å²) in [6.45, 7) is 0. The maximum atomic E-state index is 13.2. The third kappa shape index (κ3) is 2.23. The van der Waals surface area contributed by atoms with E-state index in [0.29, 0.717) is 16.9 Å². The number of hydrogen-bond donors (Lipinski definition) is 2. The fourth-order valence-corrected chi connectivity index (χ4v) is 1.51. The summed E-state index contributed by atoms with van der Waals surface area (Å²) in [5.41, 5.74) is 12.2. The van der Waals surface area contributed by atoms with E-state index in [4.69, 9.17) is 11.5 Å². The third-order valence-corrected chi connectivity index (χ3v) is 2.31. The predicted molar refractivity (Wildman–Crippen MR) is 62.6 cm³/mol. The average molecular weight is 231 g/mol. The molecule has 0 unspecified atom stereocenters. The second-order valence-electron chi connectivity index (χ2n) is 3.53. The zero-order chi connectivity index (χ0) is 12.4. The van der Waals surface area contributed by atoms with E-state index in [0.717, 1.165) is 0 Å². The van der Waals surface area contributed by atoms with Crippen molar-refractivity contribution in [2.45, 2.75) is 0 Å². The summed E-state index contributed by atoms with van der Waals surface area (Å²) in [6.07, 6.45) is 1.44. The van der Waals surface area contributed by atoms with Crippen molar-refractivity contribution in [3.05, 3.63) is 47.9 Å². The largest absolute Gasteiger partial charge is 0.397 e. The van der Waals surface area contributed by atoms with Crippen LogP contribution in [0.4, 0.5) is 10.1 Å². The summed E-state index contributed by atoms with van der Waals surface area (Å²) in [6, 6.07) is 6.97. The van der Waals surface area contributed by atoms with Crippen molar-refractivity contribution in [2.75, 3.05) is 5.73 Å². The molecule has 4 nitrogen and oxygen atoms in total. The zero-order valence-corrected chi connectivity index (χ0v) is 8.85. The van der Waals surface area contributed by atoms with Crippen molar-refractivity contribution < 1.29 is 9.18 Å². The summed E-state index contributed by atoms with van der Waals surface area (Å²) in [5.74, 6) is -1.08. The fourth-order valence-electron chi connectivity index (χ4n) is 1.51. The molecular formula is C12H10FN3O. The molecular weight excluding hydrogens is 221 g/mol. The standard InChI is InChI=1S/C12H10FN3O/c13-7-1-3-9(12(15)17)10(5-7)11-4-2-8(14)6-16-11/h1-6H,14H2,(H2,15,17). The van der Waals surface area contributed by atoms with Gasteiger partial charge in [0, 0.05) is 11.1 Å². The van der Waals surface area contributed by atoms with Crippen LogP contribution in [0.15, 0.2) is 36.5 Å². The quantitative estimate of drug-likeness (QED) is 0.822. The molecule has 4 N–H and O–H groups in total. The van der Waals surface area contributed by atoms with Crippen LogP contribution < -0.4 is 11.5 Å². The van der Waals surface area contributed by atoms with Gasteiger partial charge in [0.25, 0.3) is 0 Å². The number of amides is 1. The number of primary amides is 1. The van der Waals surface area contributed by atoms with Crippen LogP contribution in [-0.4, -0.2) is 10.9 Å². The van der Waals surface area contributed by atoms with Gasteiger partial charge < -0.3 is 11.5 Å². The predicted octanol–water partition coefficient (Wildman–Crippen LogP) is 1.57. The molecule has 0 aliphatic rings. The highest BCUT2D eigenvalue weighted by Crippen LogP contribution is 2.23. The molecule has 1 aromatic carbocycles. The maximum Gasteiger partial charge on any atom is 0.249 e. The number of anilines is 1. The van der Waals surface area contributed by atoms with Gasteiger partial charge in [-0.05, 0) is 30.3 Å². The van der Waals surface area contributed by atoms with E-state index in [1.54, 1.807) is 12.1 Å². The number of halogens is 1. The van der Waals surface area contributed by atoms with E-state index in [-0.39, 0.29) is 5.56 Å². The number of pyridine rings is 1. The summed E-state index contributed by atoms with van der Waals surface area (Å²) in [5, 5.41) is 0. The van der Waals surface area contributed by atoms with Crippen LogP contribution in [0.1, 0.15) is 10.4 Å². The van der Waals surface area contributed by atoms with Gasteiger partial charge in [-0.15, -0.1) is 0 Å². The Hall–Kier alpha value is -2.43. The Morgan fingerprint density at radius 1 is 1.24 bits per heavy atom. The first-order chi connectivity index (χ1) is 8.08. The second kappa shape index (κ2) is 4.21. The van der Waals surface area contributed by atoms with E-state index in [1.165, 1.54) is 24.4 Å². The lowest BCUT2D eigenvalue weighted by atomic mass is 10.0. The van der Waals surface area contributed by atoms with Gasteiger partial charge in [0.05, 0.1) is 17.6 Å². The van der Waals surface area contributed by atoms with Gasteiger partial charge in [0.15, 0.2) is 0 Å². The molecule has 2 rings (SSSR count). The molecule has 1 amide bonds. The number of nitrogens with two attached hydrogens (primary N) is 2. The lowest BCUT2D eigenvalue weighted by molar-refractivity contribution is 0.100. The molecule has 0 spiro atoms. The normalized spacial score (nSPS) is 10.2. The lowest BCUT2D eigenvalue weighted by Gasteiger charge is -2.06. The number of aromatic nitrogens is 1. The first kappa shape index (κ1) is 11.1. The Bertz CT molecular complexity index is 566. The Balaban J connectivity index is 2.60. The van der Waals surface area contributed by atoms with Crippen molar-refractivity contribution in [2.24, 2.45) is 5.73 Å². The molecule has 86 valence electrons. The third-order valence-electron chi connectivity index (χ3n) is 2.31. The molecule has 5 heteroatoms. The van der Waals surface area contributed by atoms with Crippen LogP contribution in [0.2, 0.25) is 0 Å². The number of benzene rings is 1.